The van der Waals surface area contributed by atoms with E-state index in [1.807, 2.05) is 13.8 Å². The molecule has 18 heavy (non-hydrogen) atoms. The van der Waals surface area contributed by atoms with Crippen LogP contribution in [0.1, 0.15) is 40.7 Å². The van der Waals surface area contributed by atoms with Gasteiger partial charge in [-0.15, -0.1) is 5.10 Å². The molecule has 1 aromatic carbocycles. The number of hydrogen-bond acceptors (Lipinski definition) is 4. The third-order valence-electron chi connectivity index (χ3n) is 2.44. The van der Waals surface area contributed by atoms with Crippen molar-refractivity contribution in [1.29, 1.82) is 0 Å². The lowest BCUT2D eigenvalue weighted by molar-refractivity contribution is 0.103. The maximum absolute atomic E-state index is 13.7. The summed E-state index contributed by atoms with van der Waals surface area (Å²) in [5.74, 6) is -0.962. The Morgan fingerprint density at radius 1 is 1.44 bits per heavy atom. The van der Waals surface area contributed by atoms with E-state index in [4.69, 9.17) is 11.6 Å². The van der Waals surface area contributed by atoms with Crippen LogP contribution >= 0.6 is 23.1 Å². The molecule has 94 valence electrons. The first-order valence-electron chi connectivity index (χ1n) is 5.32. The predicted molar refractivity (Wildman–Crippen MR) is 68.8 cm³/mol. The fourth-order valence-electron chi connectivity index (χ4n) is 1.53. The number of rotatable bonds is 3. The molecule has 0 unspecified atom stereocenters. The molecule has 0 fully saturated rings. The highest BCUT2D eigenvalue weighted by molar-refractivity contribution is 7.08. The number of hydrogen-bond donors (Lipinski definition) is 0. The van der Waals surface area contributed by atoms with Crippen molar-refractivity contribution in [1.82, 2.24) is 9.59 Å². The summed E-state index contributed by atoms with van der Waals surface area (Å²) in [6.45, 7) is 3.82. The van der Waals surface area contributed by atoms with Gasteiger partial charge in [-0.25, -0.2) is 4.39 Å². The quantitative estimate of drug-likeness (QED) is 0.808. The fourth-order valence-corrected chi connectivity index (χ4v) is 2.46. The molecule has 0 aliphatic heterocycles. The molecule has 0 radical (unpaired) electrons. The Balaban J connectivity index is 2.45. The Morgan fingerprint density at radius 3 is 2.78 bits per heavy atom. The van der Waals surface area contributed by atoms with Gasteiger partial charge in [-0.3, -0.25) is 4.79 Å². The van der Waals surface area contributed by atoms with Crippen molar-refractivity contribution < 1.29 is 9.18 Å². The van der Waals surface area contributed by atoms with Crippen molar-refractivity contribution in [3.05, 3.63) is 45.2 Å². The number of carbonyl (C=O) groups is 1. The first kappa shape index (κ1) is 13.1. The third kappa shape index (κ3) is 2.42. The molecule has 0 saturated carbocycles. The molecule has 6 heteroatoms. The SMILES string of the molecule is CC(C)c1nnsc1C(=O)c1ccc(Cl)cc1F. The molecule has 0 amide bonds. The Bertz CT molecular complexity index is 598. The van der Waals surface area contributed by atoms with Crippen molar-refractivity contribution >= 4 is 28.9 Å². The lowest BCUT2D eigenvalue weighted by atomic mass is 10.0. The molecule has 0 bridgehead atoms. The average Bonchev–Trinajstić information content (AvgIpc) is 2.77. The van der Waals surface area contributed by atoms with Gasteiger partial charge >= 0.3 is 0 Å². The van der Waals surface area contributed by atoms with Gasteiger partial charge in [-0.05, 0) is 35.6 Å². The molecule has 0 spiro atoms. The van der Waals surface area contributed by atoms with Gasteiger partial charge < -0.3 is 0 Å². The smallest absolute Gasteiger partial charge is 0.209 e. The van der Waals surface area contributed by atoms with Crippen LogP contribution in [0.5, 0.6) is 0 Å². The Hall–Kier alpha value is -1.33. The summed E-state index contributed by atoms with van der Waals surface area (Å²) in [4.78, 5) is 12.6. The maximum Gasteiger partial charge on any atom is 0.209 e. The Kier molecular flexibility index (Phi) is 3.73. The first-order chi connectivity index (χ1) is 8.50. The van der Waals surface area contributed by atoms with Crippen LogP contribution in [0, 0.1) is 5.82 Å². The summed E-state index contributed by atoms with van der Waals surface area (Å²) in [5.41, 5.74) is 0.590. The van der Waals surface area contributed by atoms with Crippen LogP contribution in [0.3, 0.4) is 0 Å². The summed E-state index contributed by atoms with van der Waals surface area (Å²) in [6.07, 6.45) is 0. The van der Waals surface area contributed by atoms with Crippen LogP contribution in [0.4, 0.5) is 4.39 Å². The minimum absolute atomic E-state index is 0.00708. The normalized spacial score (nSPS) is 10.9. The molecule has 2 aromatic rings. The standard InChI is InChI=1S/C12H10ClFN2OS/c1-6(2)10-12(18-16-15-10)11(17)8-4-3-7(13)5-9(8)14/h3-6H,1-2H3. The van der Waals surface area contributed by atoms with Crippen LogP contribution in [0.25, 0.3) is 0 Å². The molecular weight excluding hydrogens is 275 g/mol. The van der Waals surface area contributed by atoms with Crippen LogP contribution in [-0.2, 0) is 0 Å². The monoisotopic (exact) mass is 284 g/mol. The number of nitrogens with zero attached hydrogens (tertiary/aromatic N) is 2. The highest BCUT2D eigenvalue weighted by Crippen LogP contribution is 2.24. The van der Waals surface area contributed by atoms with Gasteiger partial charge in [-0.1, -0.05) is 29.9 Å². The van der Waals surface area contributed by atoms with Gasteiger partial charge in [0, 0.05) is 5.02 Å². The first-order valence-corrected chi connectivity index (χ1v) is 6.48. The highest BCUT2D eigenvalue weighted by Gasteiger charge is 2.22. The van der Waals surface area contributed by atoms with Crippen molar-refractivity contribution in [3.8, 4) is 0 Å². The highest BCUT2D eigenvalue weighted by atomic mass is 35.5. The summed E-state index contributed by atoms with van der Waals surface area (Å²) < 4.78 is 17.4. The molecule has 1 heterocycles. The van der Waals surface area contributed by atoms with E-state index in [2.05, 4.69) is 9.59 Å². The van der Waals surface area contributed by atoms with Crippen molar-refractivity contribution in [2.24, 2.45) is 0 Å². The lowest BCUT2D eigenvalue weighted by Gasteiger charge is -2.04. The number of ketones is 1. The summed E-state index contributed by atoms with van der Waals surface area (Å²) in [5, 5.41) is 4.17. The molecule has 0 aliphatic carbocycles. The van der Waals surface area contributed by atoms with E-state index < -0.39 is 11.6 Å². The van der Waals surface area contributed by atoms with E-state index in [0.29, 0.717) is 10.6 Å². The van der Waals surface area contributed by atoms with Crippen LogP contribution in [0.15, 0.2) is 18.2 Å². The Labute approximate surface area is 113 Å². The van der Waals surface area contributed by atoms with Gasteiger partial charge in [0.05, 0.1) is 11.3 Å². The van der Waals surface area contributed by atoms with Crippen molar-refractivity contribution in [3.63, 3.8) is 0 Å². The second-order valence-electron chi connectivity index (χ2n) is 4.10. The molecule has 0 saturated heterocycles. The van der Waals surface area contributed by atoms with E-state index in [1.165, 1.54) is 12.1 Å². The van der Waals surface area contributed by atoms with E-state index in [0.717, 1.165) is 17.6 Å². The number of halogens is 2. The predicted octanol–water partition coefficient (Wildman–Crippen LogP) is 3.69. The van der Waals surface area contributed by atoms with Crippen molar-refractivity contribution in [2.75, 3.05) is 0 Å². The maximum atomic E-state index is 13.7. The van der Waals surface area contributed by atoms with Crippen molar-refractivity contribution in [2.45, 2.75) is 19.8 Å². The summed E-state index contributed by atoms with van der Waals surface area (Å²) in [6, 6.07) is 3.99. The van der Waals surface area contributed by atoms with Gasteiger partial charge in [0.1, 0.15) is 10.7 Å². The number of aromatic nitrogens is 2. The van der Waals surface area contributed by atoms with Gasteiger partial charge in [-0.2, -0.15) is 0 Å². The van der Waals surface area contributed by atoms with E-state index in [-0.39, 0.29) is 16.5 Å². The average molecular weight is 285 g/mol. The molecule has 0 N–H and O–H groups in total. The van der Waals surface area contributed by atoms with Crippen LogP contribution < -0.4 is 0 Å². The van der Waals surface area contributed by atoms with E-state index in [1.54, 1.807) is 0 Å². The largest absolute Gasteiger partial charge is 0.287 e. The number of carbonyl (C=O) groups excluding carboxylic acids is 1. The van der Waals surface area contributed by atoms with E-state index in [9.17, 15) is 9.18 Å². The summed E-state index contributed by atoms with van der Waals surface area (Å²) in [7, 11) is 0. The molecule has 3 nitrogen and oxygen atoms in total. The molecule has 2 rings (SSSR count). The van der Waals surface area contributed by atoms with Crippen LogP contribution in [-0.4, -0.2) is 15.4 Å². The van der Waals surface area contributed by atoms with Gasteiger partial charge in [0.15, 0.2) is 0 Å². The Morgan fingerprint density at radius 2 is 2.17 bits per heavy atom. The molecule has 0 aliphatic rings. The van der Waals surface area contributed by atoms with Gasteiger partial charge in [0.2, 0.25) is 5.78 Å². The molecule has 0 atom stereocenters. The minimum atomic E-state index is -0.629. The van der Waals surface area contributed by atoms with E-state index >= 15 is 0 Å². The molecular formula is C12H10ClFN2OS. The lowest BCUT2D eigenvalue weighted by Crippen LogP contribution is -2.06. The second kappa shape index (κ2) is 5.12. The zero-order chi connectivity index (χ0) is 13.3. The minimum Gasteiger partial charge on any atom is -0.287 e. The van der Waals surface area contributed by atoms with Gasteiger partial charge in [0.25, 0.3) is 0 Å². The topological polar surface area (TPSA) is 42.9 Å². The fraction of sp³-hybridized carbons (Fsp3) is 0.250. The zero-order valence-electron chi connectivity index (χ0n) is 9.78. The molecule has 1 aromatic heterocycles. The van der Waals surface area contributed by atoms with Crippen LogP contribution in [0.2, 0.25) is 5.02 Å². The summed E-state index contributed by atoms with van der Waals surface area (Å²) >= 11 is 6.64. The zero-order valence-corrected chi connectivity index (χ0v) is 11.3. The third-order valence-corrected chi connectivity index (χ3v) is 3.42. The number of benzene rings is 1. The second-order valence-corrected chi connectivity index (χ2v) is 5.29.